The van der Waals surface area contributed by atoms with Crippen molar-refractivity contribution in [3.05, 3.63) is 95.6 Å². The Morgan fingerprint density at radius 1 is 0.938 bits per heavy atom. The predicted molar refractivity (Wildman–Crippen MR) is 120 cm³/mol. The number of rotatable bonds is 9. The Morgan fingerprint density at radius 3 is 2.19 bits per heavy atom. The number of sulfonamides is 1. The predicted octanol–water partition coefficient (Wildman–Crippen LogP) is 4.22. The van der Waals surface area contributed by atoms with Crippen LogP contribution in [0.2, 0.25) is 0 Å². The Morgan fingerprint density at radius 2 is 1.56 bits per heavy atom. The number of carbonyl (C=O) groups excluding carboxylic acids is 1. The third kappa shape index (κ3) is 6.13. The number of nitrogens with zero attached hydrogens (tertiary/aromatic N) is 1. The molecule has 0 spiro atoms. The molecule has 0 aliphatic carbocycles. The first-order chi connectivity index (χ1) is 15.3. The van der Waals surface area contributed by atoms with E-state index in [9.17, 15) is 22.0 Å². The molecule has 3 rings (SSSR count). The molecule has 0 aromatic heterocycles. The molecule has 0 aliphatic heterocycles. The number of amides is 1. The molecular formula is C24H24F2N2O3S. The fourth-order valence-electron chi connectivity index (χ4n) is 3.23. The van der Waals surface area contributed by atoms with Crippen molar-refractivity contribution in [3.8, 4) is 0 Å². The summed E-state index contributed by atoms with van der Waals surface area (Å²) in [7, 11) is -4.17. The summed E-state index contributed by atoms with van der Waals surface area (Å²) in [5.74, 6) is -1.61. The first-order valence-corrected chi connectivity index (χ1v) is 11.6. The van der Waals surface area contributed by atoms with Gasteiger partial charge in [0.1, 0.15) is 18.2 Å². The van der Waals surface area contributed by atoms with Crippen LogP contribution in [0.5, 0.6) is 0 Å². The number of carbonyl (C=O) groups is 1. The van der Waals surface area contributed by atoms with Gasteiger partial charge in [-0.2, -0.15) is 0 Å². The number of benzene rings is 3. The molecule has 0 bridgehead atoms. The van der Waals surface area contributed by atoms with Crippen molar-refractivity contribution in [1.82, 2.24) is 5.32 Å². The van der Waals surface area contributed by atoms with E-state index in [0.717, 1.165) is 58.3 Å². The molecule has 1 N–H and O–H groups in total. The van der Waals surface area contributed by atoms with Gasteiger partial charge in [0, 0.05) is 6.54 Å². The molecule has 1 amide bonds. The molecule has 0 saturated heterocycles. The summed E-state index contributed by atoms with van der Waals surface area (Å²) in [6.07, 6.45) is 1.47. The van der Waals surface area contributed by atoms with Crippen LogP contribution in [-0.4, -0.2) is 27.4 Å². The normalized spacial score (nSPS) is 11.2. The van der Waals surface area contributed by atoms with Gasteiger partial charge >= 0.3 is 0 Å². The Labute approximate surface area is 186 Å². The zero-order valence-corrected chi connectivity index (χ0v) is 18.4. The summed E-state index contributed by atoms with van der Waals surface area (Å²) in [6, 6.07) is 17.2. The van der Waals surface area contributed by atoms with Crippen LogP contribution in [0.4, 0.5) is 14.5 Å². The molecule has 3 aromatic rings. The quantitative estimate of drug-likeness (QED) is 0.489. The number of hydrogen-bond acceptors (Lipinski definition) is 3. The number of anilines is 1. The molecule has 32 heavy (non-hydrogen) atoms. The van der Waals surface area contributed by atoms with E-state index in [2.05, 4.69) is 11.4 Å². The molecule has 0 unspecified atom stereocenters. The Balaban J connectivity index is 1.70. The van der Waals surface area contributed by atoms with Gasteiger partial charge in [0.2, 0.25) is 5.91 Å². The van der Waals surface area contributed by atoms with Gasteiger partial charge in [0.05, 0.1) is 10.6 Å². The molecule has 3 aromatic carbocycles. The van der Waals surface area contributed by atoms with Crippen molar-refractivity contribution in [2.24, 2.45) is 0 Å². The second-order valence-corrected chi connectivity index (χ2v) is 9.25. The number of hydrogen-bond donors (Lipinski definition) is 1. The molecular weight excluding hydrogens is 434 g/mol. The molecule has 0 heterocycles. The van der Waals surface area contributed by atoms with E-state index in [1.54, 1.807) is 0 Å². The van der Waals surface area contributed by atoms with E-state index in [4.69, 9.17) is 0 Å². The molecule has 0 atom stereocenters. The summed E-state index contributed by atoms with van der Waals surface area (Å²) in [5.41, 5.74) is 2.45. The second kappa shape index (κ2) is 10.4. The lowest BCUT2D eigenvalue weighted by atomic mass is 10.1. The average Bonchev–Trinajstić information content (AvgIpc) is 2.76. The molecule has 5 nitrogen and oxygen atoms in total. The van der Waals surface area contributed by atoms with Crippen LogP contribution in [-0.2, 0) is 21.2 Å². The Bertz CT molecular complexity index is 1160. The van der Waals surface area contributed by atoms with Crippen LogP contribution in [0.3, 0.4) is 0 Å². The first kappa shape index (κ1) is 23.4. The van der Waals surface area contributed by atoms with Gasteiger partial charge in [-0.25, -0.2) is 17.2 Å². The van der Waals surface area contributed by atoms with Gasteiger partial charge in [-0.3, -0.25) is 9.10 Å². The van der Waals surface area contributed by atoms with Crippen molar-refractivity contribution in [2.75, 3.05) is 17.4 Å². The molecule has 0 fully saturated rings. The maximum absolute atomic E-state index is 13.4. The lowest BCUT2D eigenvalue weighted by molar-refractivity contribution is -0.119. The fourth-order valence-corrected chi connectivity index (χ4v) is 4.65. The smallest absolute Gasteiger partial charge is 0.264 e. The van der Waals surface area contributed by atoms with E-state index in [-0.39, 0.29) is 10.6 Å². The van der Waals surface area contributed by atoms with Gasteiger partial charge in [-0.05, 0) is 73.9 Å². The minimum Gasteiger partial charge on any atom is -0.355 e. The van der Waals surface area contributed by atoms with Crippen LogP contribution in [0.15, 0.2) is 77.7 Å². The third-order valence-corrected chi connectivity index (χ3v) is 6.64. The molecule has 8 heteroatoms. The van der Waals surface area contributed by atoms with Gasteiger partial charge in [0.25, 0.3) is 10.0 Å². The zero-order chi connectivity index (χ0) is 23.1. The lowest BCUT2D eigenvalue weighted by Gasteiger charge is -2.24. The van der Waals surface area contributed by atoms with Crippen LogP contribution in [0.25, 0.3) is 0 Å². The highest BCUT2D eigenvalue weighted by atomic mass is 32.2. The minimum atomic E-state index is -4.17. The van der Waals surface area contributed by atoms with Crippen molar-refractivity contribution < 1.29 is 22.0 Å². The summed E-state index contributed by atoms with van der Waals surface area (Å²) in [4.78, 5) is 12.4. The summed E-state index contributed by atoms with van der Waals surface area (Å²) in [5, 5.41) is 2.73. The summed E-state index contributed by atoms with van der Waals surface area (Å²) >= 11 is 0. The monoisotopic (exact) mass is 458 g/mol. The maximum atomic E-state index is 13.4. The van der Waals surface area contributed by atoms with Crippen molar-refractivity contribution in [1.29, 1.82) is 0 Å². The Kier molecular flexibility index (Phi) is 7.58. The Hall–Kier alpha value is -3.26. The van der Waals surface area contributed by atoms with E-state index < -0.39 is 34.1 Å². The average molecular weight is 459 g/mol. The van der Waals surface area contributed by atoms with E-state index in [1.807, 2.05) is 25.1 Å². The van der Waals surface area contributed by atoms with Crippen LogP contribution in [0, 0.1) is 18.6 Å². The van der Waals surface area contributed by atoms with Gasteiger partial charge in [-0.1, -0.05) is 29.8 Å². The van der Waals surface area contributed by atoms with Crippen LogP contribution < -0.4 is 9.62 Å². The molecule has 0 radical (unpaired) electrons. The van der Waals surface area contributed by atoms with Crippen molar-refractivity contribution >= 4 is 21.6 Å². The SMILES string of the molecule is Cc1cccc(CCCNC(=O)CN(c2ccc(F)cc2)S(=O)(=O)c2ccc(F)cc2)c1. The van der Waals surface area contributed by atoms with Crippen molar-refractivity contribution in [3.63, 3.8) is 0 Å². The van der Waals surface area contributed by atoms with Gasteiger partial charge in [-0.15, -0.1) is 0 Å². The van der Waals surface area contributed by atoms with E-state index in [1.165, 1.54) is 12.1 Å². The first-order valence-electron chi connectivity index (χ1n) is 10.1. The number of nitrogens with one attached hydrogen (secondary N) is 1. The highest BCUT2D eigenvalue weighted by Gasteiger charge is 2.27. The van der Waals surface area contributed by atoms with Gasteiger partial charge in [0.15, 0.2) is 0 Å². The summed E-state index contributed by atoms with van der Waals surface area (Å²) < 4.78 is 53.8. The second-order valence-electron chi connectivity index (χ2n) is 7.38. The third-order valence-electron chi connectivity index (χ3n) is 4.85. The molecule has 168 valence electrons. The van der Waals surface area contributed by atoms with Crippen molar-refractivity contribution in [2.45, 2.75) is 24.7 Å². The standard InChI is InChI=1S/C24H24F2N2O3S/c1-18-4-2-5-19(16-18)6-3-15-27-24(29)17-28(22-11-7-20(25)8-12-22)32(30,31)23-13-9-21(26)10-14-23/h2,4-5,7-14,16H,3,6,15,17H2,1H3,(H,27,29). The summed E-state index contributed by atoms with van der Waals surface area (Å²) in [6.45, 7) is 1.90. The van der Waals surface area contributed by atoms with Gasteiger partial charge < -0.3 is 5.32 Å². The topological polar surface area (TPSA) is 66.5 Å². The highest BCUT2D eigenvalue weighted by Crippen LogP contribution is 2.24. The van der Waals surface area contributed by atoms with E-state index in [0.29, 0.717) is 13.0 Å². The maximum Gasteiger partial charge on any atom is 0.264 e. The fraction of sp³-hybridized carbons (Fsp3) is 0.208. The highest BCUT2D eigenvalue weighted by molar-refractivity contribution is 7.92. The zero-order valence-electron chi connectivity index (χ0n) is 17.6. The van der Waals surface area contributed by atoms with E-state index >= 15 is 0 Å². The largest absolute Gasteiger partial charge is 0.355 e. The molecule has 0 aliphatic rings. The van der Waals surface area contributed by atoms with Crippen LogP contribution in [0.1, 0.15) is 17.5 Å². The minimum absolute atomic E-state index is 0.130. The lowest BCUT2D eigenvalue weighted by Crippen LogP contribution is -2.41. The number of aryl methyl sites for hydroxylation is 2. The molecule has 0 saturated carbocycles. The number of halogens is 2. The van der Waals surface area contributed by atoms with Crippen LogP contribution >= 0.6 is 0 Å².